The normalized spacial score (nSPS) is 14.3. The van der Waals surface area contributed by atoms with E-state index in [-0.39, 0.29) is 12.1 Å². The van der Waals surface area contributed by atoms with Crippen molar-refractivity contribution < 1.29 is 14.6 Å². The average molecular weight is 546 g/mol. The van der Waals surface area contributed by atoms with Crippen LogP contribution in [0, 0.1) is 13.8 Å². The number of rotatable bonds is 9. The van der Waals surface area contributed by atoms with Crippen molar-refractivity contribution in [2.45, 2.75) is 31.9 Å². The molecule has 0 unspecified atom stereocenters. The predicted molar refractivity (Wildman–Crippen MR) is 156 cm³/mol. The van der Waals surface area contributed by atoms with Crippen LogP contribution in [0.3, 0.4) is 0 Å². The smallest absolute Gasteiger partial charge is 0.263 e. The van der Waals surface area contributed by atoms with E-state index < -0.39 is 10.0 Å². The largest absolute Gasteiger partial charge is 0.488 e. The van der Waals surface area contributed by atoms with Gasteiger partial charge in [-0.1, -0.05) is 42.5 Å². The van der Waals surface area contributed by atoms with Gasteiger partial charge in [0.15, 0.2) is 0 Å². The van der Waals surface area contributed by atoms with Gasteiger partial charge in [-0.2, -0.15) is 0 Å². The van der Waals surface area contributed by atoms with Crippen LogP contribution in [0.2, 0.25) is 0 Å². The number of aromatic nitrogens is 2. The Labute approximate surface area is 231 Å². The van der Waals surface area contributed by atoms with E-state index in [1.807, 2.05) is 30.3 Å². The molecule has 0 spiro atoms. The third-order valence-electron chi connectivity index (χ3n) is 6.86. The summed E-state index contributed by atoms with van der Waals surface area (Å²) < 4.78 is 34.0. The highest BCUT2D eigenvalue weighted by Gasteiger charge is 2.20. The van der Waals surface area contributed by atoms with E-state index in [4.69, 9.17) is 4.74 Å². The summed E-state index contributed by atoms with van der Waals surface area (Å²) >= 11 is 0. The van der Waals surface area contributed by atoms with Gasteiger partial charge in [0.2, 0.25) is 0 Å². The quantitative estimate of drug-likeness (QED) is 0.315. The Kier molecular flexibility index (Phi) is 8.09. The molecule has 1 saturated heterocycles. The molecule has 39 heavy (non-hydrogen) atoms. The first kappa shape index (κ1) is 26.6. The molecule has 2 heterocycles. The highest BCUT2D eigenvalue weighted by atomic mass is 32.2. The molecule has 0 saturated carbocycles. The van der Waals surface area contributed by atoms with Crippen LogP contribution in [-0.4, -0.2) is 49.5 Å². The van der Waals surface area contributed by atoms with Gasteiger partial charge in [-0.3, -0.25) is 9.62 Å². The van der Waals surface area contributed by atoms with E-state index in [2.05, 4.69) is 62.6 Å². The minimum Gasteiger partial charge on any atom is -0.488 e. The van der Waals surface area contributed by atoms with Gasteiger partial charge >= 0.3 is 0 Å². The van der Waals surface area contributed by atoms with Crippen molar-refractivity contribution in [3.05, 3.63) is 108 Å². The molecule has 1 aliphatic rings. The summed E-state index contributed by atoms with van der Waals surface area (Å²) in [7, 11) is -3.71. The van der Waals surface area contributed by atoms with Crippen LogP contribution < -0.4 is 14.4 Å². The van der Waals surface area contributed by atoms with Crippen LogP contribution in [0.15, 0.2) is 90.2 Å². The van der Waals surface area contributed by atoms with Crippen molar-refractivity contribution in [2.24, 2.45) is 0 Å². The second-order valence-corrected chi connectivity index (χ2v) is 11.5. The molecule has 4 aromatic rings. The van der Waals surface area contributed by atoms with Crippen LogP contribution >= 0.6 is 0 Å². The molecule has 1 aliphatic heterocycles. The number of sulfonamides is 1. The zero-order chi connectivity index (χ0) is 27.2. The maximum absolute atomic E-state index is 12.7. The fraction of sp³-hybridized carbons (Fsp3) is 0.267. The fourth-order valence-electron chi connectivity index (χ4n) is 4.89. The molecule has 9 heteroatoms. The lowest BCUT2D eigenvalue weighted by Gasteiger charge is -2.36. The van der Waals surface area contributed by atoms with Crippen LogP contribution in [-0.2, 0) is 23.2 Å². The number of nitrogens with one attached hydrogen (secondary N) is 1. The van der Waals surface area contributed by atoms with Gasteiger partial charge < -0.3 is 9.64 Å². The maximum Gasteiger partial charge on any atom is 0.263 e. The fourth-order valence-corrected chi connectivity index (χ4v) is 5.90. The Balaban J connectivity index is 0.00000370. The van der Waals surface area contributed by atoms with E-state index in [0.717, 1.165) is 60.9 Å². The number of hydrogen-bond acceptors (Lipinski definition) is 7. The van der Waals surface area contributed by atoms with Crippen LogP contribution in [0.25, 0.3) is 0 Å². The average Bonchev–Trinajstić information content (AvgIpc) is 2.94. The molecule has 0 aliphatic carbocycles. The first-order valence-electron chi connectivity index (χ1n) is 13.0. The molecule has 3 aromatic carbocycles. The molecule has 204 valence electrons. The maximum atomic E-state index is 12.7. The SMILES string of the molecule is Cc1cc(CN2CCN(c3ccc(S(=O)(=O)Nc4ccncn4)cc3)CC2)cc(C)c1OCc1ccccc1.[HH]. The first-order chi connectivity index (χ1) is 18.9. The monoisotopic (exact) mass is 545 g/mol. The summed E-state index contributed by atoms with van der Waals surface area (Å²) in [6.45, 7) is 9.29. The number of piperazine rings is 1. The topological polar surface area (TPSA) is 87.7 Å². The Hall–Kier alpha value is -3.95. The molecule has 1 aromatic heterocycles. The van der Waals surface area contributed by atoms with E-state index in [9.17, 15) is 8.42 Å². The second kappa shape index (κ2) is 11.8. The number of aryl methyl sites for hydroxylation is 2. The zero-order valence-electron chi connectivity index (χ0n) is 22.2. The highest BCUT2D eigenvalue weighted by Crippen LogP contribution is 2.27. The summed E-state index contributed by atoms with van der Waals surface area (Å²) in [5, 5.41) is 0. The zero-order valence-corrected chi connectivity index (χ0v) is 23.1. The highest BCUT2D eigenvalue weighted by molar-refractivity contribution is 7.92. The Morgan fingerprint density at radius 2 is 1.59 bits per heavy atom. The Morgan fingerprint density at radius 1 is 0.897 bits per heavy atom. The minimum absolute atomic E-state index is 0. The molecule has 8 nitrogen and oxygen atoms in total. The predicted octanol–water partition coefficient (Wildman–Crippen LogP) is 5.04. The van der Waals surface area contributed by atoms with E-state index in [1.165, 1.54) is 24.2 Å². The van der Waals surface area contributed by atoms with Crippen LogP contribution in [0.5, 0.6) is 5.75 Å². The summed E-state index contributed by atoms with van der Waals surface area (Å²) in [4.78, 5) is 12.7. The number of hydrogen-bond donors (Lipinski definition) is 1. The van der Waals surface area contributed by atoms with Crippen molar-refractivity contribution in [3.8, 4) is 5.75 Å². The summed E-state index contributed by atoms with van der Waals surface area (Å²) in [5.74, 6) is 1.20. The lowest BCUT2D eigenvalue weighted by molar-refractivity contribution is 0.249. The van der Waals surface area contributed by atoms with Gasteiger partial charge in [0.25, 0.3) is 10.0 Å². The van der Waals surface area contributed by atoms with Crippen molar-refractivity contribution in [3.63, 3.8) is 0 Å². The number of ether oxygens (including phenoxy) is 1. The summed E-state index contributed by atoms with van der Waals surface area (Å²) in [5.41, 5.74) is 5.78. The van der Waals surface area contributed by atoms with Crippen molar-refractivity contribution in [1.29, 1.82) is 0 Å². The summed E-state index contributed by atoms with van der Waals surface area (Å²) in [6, 6.07) is 23.2. The van der Waals surface area contributed by atoms with Gasteiger partial charge in [0, 0.05) is 46.0 Å². The number of anilines is 2. The third kappa shape index (κ3) is 6.74. The molecule has 1 fully saturated rings. The summed E-state index contributed by atoms with van der Waals surface area (Å²) in [6.07, 6.45) is 2.80. The van der Waals surface area contributed by atoms with Gasteiger partial charge in [-0.25, -0.2) is 18.4 Å². The van der Waals surface area contributed by atoms with Crippen molar-refractivity contribution >= 4 is 21.5 Å². The van der Waals surface area contributed by atoms with E-state index in [1.54, 1.807) is 12.1 Å². The molecular weight excluding hydrogens is 510 g/mol. The van der Waals surface area contributed by atoms with Crippen LogP contribution in [0.1, 0.15) is 23.7 Å². The van der Waals surface area contributed by atoms with Gasteiger partial charge in [-0.05, 0) is 66.4 Å². The third-order valence-corrected chi connectivity index (χ3v) is 8.23. The van der Waals surface area contributed by atoms with E-state index in [0.29, 0.717) is 6.61 Å². The standard InChI is InChI=1S/C30H33N5O3S.H2/c1-23-18-26(19-24(2)30(23)38-21-25-6-4-3-5-7-25)20-34-14-16-35(17-15-34)27-8-10-28(11-9-27)39(36,37)33-29-12-13-31-22-32-29;/h3-13,18-19,22H,14-17,20-21H2,1-2H3,(H,31,32,33);1H. The molecule has 0 bridgehead atoms. The lowest BCUT2D eigenvalue weighted by Crippen LogP contribution is -2.46. The molecule has 5 rings (SSSR count). The van der Waals surface area contributed by atoms with E-state index >= 15 is 0 Å². The molecule has 1 N–H and O–H groups in total. The number of nitrogens with zero attached hydrogens (tertiary/aromatic N) is 4. The molecular formula is C30H35N5O3S. The van der Waals surface area contributed by atoms with Crippen molar-refractivity contribution in [1.82, 2.24) is 14.9 Å². The molecule has 0 amide bonds. The van der Waals surface area contributed by atoms with Gasteiger partial charge in [-0.15, -0.1) is 0 Å². The Bertz CT molecular complexity index is 1470. The molecule has 0 radical (unpaired) electrons. The van der Waals surface area contributed by atoms with Crippen molar-refractivity contribution in [2.75, 3.05) is 35.8 Å². The first-order valence-corrected chi connectivity index (χ1v) is 14.5. The van der Waals surface area contributed by atoms with Crippen LogP contribution in [0.4, 0.5) is 11.5 Å². The van der Waals surface area contributed by atoms with Gasteiger partial charge in [0.1, 0.15) is 24.5 Å². The second-order valence-electron chi connectivity index (χ2n) is 9.79. The molecule has 0 atom stereocenters. The Morgan fingerprint density at radius 3 is 2.23 bits per heavy atom. The van der Waals surface area contributed by atoms with Gasteiger partial charge in [0.05, 0.1) is 4.90 Å². The lowest BCUT2D eigenvalue weighted by atomic mass is 10.0. The minimum atomic E-state index is -3.71. The number of benzene rings is 3.